The summed E-state index contributed by atoms with van der Waals surface area (Å²) in [6.45, 7) is 1.56. The van der Waals surface area contributed by atoms with Crippen LogP contribution in [0.4, 0.5) is 5.82 Å². The van der Waals surface area contributed by atoms with Gasteiger partial charge < -0.3 is 5.32 Å². The van der Waals surface area contributed by atoms with Crippen LogP contribution in [0.3, 0.4) is 0 Å². The maximum atomic E-state index is 11.8. The average molecular weight is 369 g/mol. The lowest BCUT2D eigenvalue weighted by Gasteiger charge is -2.10. The third kappa shape index (κ3) is 3.03. The van der Waals surface area contributed by atoms with Gasteiger partial charge in [0.1, 0.15) is 6.33 Å². The summed E-state index contributed by atoms with van der Waals surface area (Å²) < 4.78 is 1.97. The Labute approximate surface area is 162 Å². The molecule has 1 N–H and O–H groups in total. The van der Waals surface area contributed by atoms with Crippen molar-refractivity contribution in [1.82, 2.24) is 19.5 Å². The molecule has 28 heavy (non-hydrogen) atoms. The van der Waals surface area contributed by atoms with Crippen molar-refractivity contribution in [2.75, 3.05) is 5.32 Å². The standard InChI is InChI=1S/C22H19N5O/c1-14(28)15-6-5-7-16(12-15)20-25-21(24-17-10-11-17)19-22(26-20)27(13-23-19)18-8-3-2-4-9-18/h2-9,12-13,17H,10-11H2,1H3,(H,24,25,26). The van der Waals surface area contributed by atoms with Gasteiger partial charge in [-0.15, -0.1) is 0 Å². The van der Waals surface area contributed by atoms with Gasteiger partial charge in [-0.2, -0.15) is 0 Å². The number of carbonyl (C=O) groups is 1. The van der Waals surface area contributed by atoms with Crippen molar-refractivity contribution in [3.8, 4) is 17.1 Å². The van der Waals surface area contributed by atoms with Gasteiger partial charge in [-0.25, -0.2) is 15.0 Å². The van der Waals surface area contributed by atoms with Crippen molar-refractivity contribution in [2.45, 2.75) is 25.8 Å². The summed E-state index contributed by atoms with van der Waals surface area (Å²) >= 11 is 0. The molecular formula is C22H19N5O. The number of hydrogen-bond donors (Lipinski definition) is 1. The van der Waals surface area contributed by atoms with Crippen LogP contribution >= 0.6 is 0 Å². The van der Waals surface area contributed by atoms with Gasteiger partial charge in [0.05, 0.1) is 0 Å². The van der Waals surface area contributed by atoms with E-state index in [0.717, 1.165) is 41.1 Å². The average Bonchev–Trinajstić information content (AvgIpc) is 3.44. The predicted molar refractivity (Wildman–Crippen MR) is 109 cm³/mol. The van der Waals surface area contributed by atoms with Crippen molar-refractivity contribution in [3.05, 3.63) is 66.5 Å². The van der Waals surface area contributed by atoms with Crippen LogP contribution in [0.25, 0.3) is 28.2 Å². The number of ketones is 1. The molecule has 1 aliphatic carbocycles. The Balaban J connectivity index is 1.71. The minimum Gasteiger partial charge on any atom is -0.365 e. The van der Waals surface area contributed by atoms with E-state index in [4.69, 9.17) is 9.97 Å². The van der Waals surface area contributed by atoms with Crippen molar-refractivity contribution in [1.29, 1.82) is 0 Å². The zero-order chi connectivity index (χ0) is 19.1. The fraction of sp³-hybridized carbons (Fsp3) is 0.182. The molecule has 5 rings (SSSR count). The van der Waals surface area contributed by atoms with E-state index in [0.29, 0.717) is 17.4 Å². The zero-order valence-corrected chi connectivity index (χ0v) is 15.5. The number of Topliss-reactive ketones (excluding diaryl/α,β-unsaturated/α-hetero) is 1. The third-order valence-electron chi connectivity index (χ3n) is 4.88. The van der Waals surface area contributed by atoms with Crippen molar-refractivity contribution < 1.29 is 4.79 Å². The molecule has 2 aromatic heterocycles. The Hall–Kier alpha value is -3.54. The molecule has 0 radical (unpaired) electrons. The second kappa shape index (κ2) is 6.56. The molecule has 0 spiro atoms. The van der Waals surface area contributed by atoms with Crippen LogP contribution in [0.1, 0.15) is 30.1 Å². The molecule has 1 saturated carbocycles. The number of nitrogens with zero attached hydrogens (tertiary/aromatic N) is 4. The molecule has 0 aliphatic heterocycles. The Kier molecular flexibility index (Phi) is 3.90. The van der Waals surface area contributed by atoms with Crippen LogP contribution < -0.4 is 5.32 Å². The SMILES string of the molecule is CC(=O)c1cccc(-c2nc(NC3CC3)c3ncn(-c4ccccc4)c3n2)c1. The van der Waals surface area contributed by atoms with Gasteiger partial charge in [-0.05, 0) is 38.0 Å². The largest absolute Gasteiger partial charge is 0.365 e. The Bertz CT molecular complexity index is 1180. The van der Waals surface area contributed by atoms with Crippen molar-refractivity contribution in [3.63, 3.8) is 0 Å². The molecule has 2 aromatic carbocycles. The van der Waals surface area contributed by atoms with E-state index in [1.807, 2.05) is 59.2 Å². The molecule has 1 fully saturated rings. The number of para-hydroxylation sites is 1. The van der Waals surface area contributed by atoms with Gasteiger partial charge in [-0.1, -0.05) is 36.4 Å². The smallest absolute Gasteiger partial charge is 0.170 e. The van der Waals surface area contributed by atoms with Crippen molar-refractivity contribution >= 4 is 22.8 Å². The normalized spacial score (nSPS) is 13.6. The Morgan fingerprint density at radius 2 is 1.89 bits per heavy atom. The van der Waals surface area contributed by atoms with Gasteiger partial charge in [0.25, 0.3) is 0 Å². The molecule has 6 nitrogen and oxygen atoms in total. The Morgan fingerprint density at radius 1 is 1.07 bits per heavy atom. The van der Waals surface area contributed by atoms with Gasteiger partial charge >= 0.3 is 0 Å². The third-order valence-corrected chi connectivity index (χ3v) is 4.88. The number of benzene rings is 2. The van der Waals surface area contributed by atoms with E-state index >= 15 is 0 Å². The number of carbonyl (C=O) groups excluding carboxylic acids is 1. The summed E-state index contributed by atoms with van der Waals surface area (Å²) in [5.41, 5.74) is 3.95. The fourth-order valence-electron chi connectivity index (χ4n) is 3.21. The molecule has 0 amide bonds. The number of nitrogens with one attached hydrogen (secondary N) is 1. The van der Waals surface area contributed by atoms with Gasteiger partial charge in [0.15, 0.2) is 28.6 Å². The van der Waals surface area contributed by atoms with Crippen molar-refractivity contribution in [2.24, 2.45) is 0 Å². The molecule has 6 heteroatoms. The Morgan fingerprint density at radius 3 is 2.64 bits per heavy atom. The van der Waals surface area contributed by atoms with Crippen LogP contribution in [0, 0.1) is 0 Å². The molecular weight excluding hydrogens is 350 g/mol. The maximum Gasteiger partial charge on any atom is 0.170 e. The molecule has 0 saturated heterocycles. The lowest BCUT2D eigenvalue weighted by Crippen LogP contribution is -2.06. The summed E-state index contributed by atoms with van der Waals surface area (Å²) in [7, 11) is 0. The second-order valence-corrected chi connectivity index (χ2v) is 7.07. The van der Waals surface area contributed by atoms with Crippen LogP contribution in [-0.2, 0) is 0 Å². The molecule has 0 atom stereocenters. The van der Waals surface area contributed by atoms with Gasteiger partial charge in [-0.3, -0.25) is 9.36 Å². The van der Waals surface area contributed by atoms with E-state index in [1.165, 1.54) is 0 Å². The van der Waals surface area contributed by atoms with E-state index in [9.17, 15) is 4.79 Å². The molecule has 0 unspecified atom stereocenters. The first kappa shape index (κ1) is 16.6. The second-order valence-electron chi connectivity index (χ2n) is 7.07. The molecule has 138 valence electrons. The van der Waals surface area contributed by atoms with E-state index < -0.39 is 0 Å². The quantitative estimate of drug-likeness (QED) is 0.532. The monoisotopic (exact) mass is 369 g/mol. The van der Waals surface area contributed by atoms with Gasteiger partial charge in [0, 0.05) is 22.9 Å². The summed E-state index contributed by atoms with van der Waals surface area (Å²) in [6.07, 6.45) is 4.06. The number of anilines is 1. The summed E-state index contributed by atoms with van der Waals surface area (Å²) in [4.78, 5) is 25.9. The zero-order valence-electron chi connectivity index (χ0n) is 15.5. The van der Waals surface area contributed by atoms with Crippen LogP contribution in [-0.4, -0.2) is 31.3 Å². The van der Waals surface area contributed by atoms with E-state index in [-0.39, 0.29) is 5.78 Å². The van der Waals surface area contributed by atoms with Crippen LogP contribution in [0.5, 0.6) is 0 Å². The first-order chi connectivity index (χ1) is 13.7. The summed E-state index contributed by atoms with van der Waals surface area (Å²) in [5, 5.41) is 3.48. The summed E-state index contributed by atoms with van der Waals surface area (Å²) in [6, 6.07) is 17.9. The predicted octanol–water partition coefficient (Wildman–Crippen LogP) is 4.26. The highest BCUT2D eigenvalue weighted by atomic mass is 16.1. The molecule has 0 bridgehead atoms. The highest BCUT2D eigenvalue weighted by molar-refractivity contribution is 5.95. The fourth-order valence-corrected chi connectivity index (χ4v) is 3.21. The number of rotatable bonds is 5. The lowest BCUT2D eigenvalue weighted by molar-refractivity contribution is 0.101. The topological polar surface area (TPSA) is 72.7 Å². The molecule has 4 aromatic rings. The highest BCUT2D eigenvalue weighted by Gasteiger charge is 2.24. The first-order valence-electron chi connectivity index (χ1n) is 9.37. The first-order valence-corrected chi connectivity index (χ1v) is 9.37. The number of hydrogen-bond acceptors (Lipinski definition) is 5. The van der Waals surface area contributed by atoms with Crippen LogP contribution in [0.2, 0.25) is 0 Å². The highest BCUT2D eigenvalue weighted by Crippen LogP contribution is 2.30. The summed E-state index contributed by atoms with van der Waals surface area (Å²) in [5.74, 6) is 1.34. The van der Waals surface area contributed by atoms with E-state index in [1.54, 1.807) is 13.3 Å². The molecule has 1 aliphatic rings. The number of aromatic nitrogens is 4. The van der Waals surface area contributed by atoms with Gasteiger partial charge in [0.2, 0.25) is 0 Å². The number of imidazole rings is 1. The van der Waals surface area contributed by atoms with Crippen LogP contribution in [0.15, 0.2) is 60.9 Å². The van der Waals surface area contributed by atoms with E-state index in [2.05, 4.69) is 10.3 Å². The maximum absolute atomic E-state index is 11.8. The number of fused-ring (bicyclic) bond motifs is 1. The molecule has 2 heterocycles. The lowest BCUT2D eigenvalue weighted by atomic mass is 10.1. The minimum atomic E-state index is 0.0218. The minimum absolute atomic E-state index is 0.0218.